The van der Waals surface area contributed by atoms with Crippen molar-refractivity contribution in [1.29, 1.82) is 0 Å². The SMILES string of the molecule is Clc1cc(C2=C[C@@H]3NCCC[C@@H]3C2)cnc1Br. The second kappa shape index (κ2) is 4.71. The molecule has 90 valence electrons. The highest BCUT2D eigenvalue weighted by molar-refractivity contribution is 9.10. The average Bonchev–Trinajstić information content (AvgIpc) is 2.76. The maximum absolute atomic E-state index is 6.09. The maximum Gasteiger partial charge on any atom is 0.124 e. The molecule has 0 unspecified atom stereocenters. The first-order valence-corrected chi connectivity index (χ1v) is 7.16. The minimum atomic E-state index is 0.557. The average molecular weight is 314 g/mol. The van der Waals surface area contributed by atoms with Crippen molar-refractivity contribution < 1.29 is 0 Å². The van der Waals surface area contributed by atoms with Crippen molar-refractivity contribution in [2.75, 3.05) is 6.54 Å². The van der Waals surface area contributed by atoms with E-state index in [9.17, 15) is 0 Å². The molecule has 2 atom stereocenters. The summed E-state index contributed by atoms with van der Waals surface area (Å²) in [6, 6.07) is 2.56. The van der Waals surface area contributed by atoms with Gasteiger partial charge in [0.2, 0.25) is 0 Å². The van der Waals surface area contributed by atoms with Gasteiger partial charge in [0.15, 0.2) is 0 Å². The number of piperidine rings is 1. The van der Waals surface area contributed by atoms with Crippen LogP contribution < -0.4 is 5.32 Å². The van der Waals surface area contributed by atoms with Gasteiger partial charge in [-0.05, 0) is 64.9 Å². The minimum Gasteiger partial charge on any atom is -0.310 e. The fourth-order valence-corrected chi connectivity index (χ4v) is 3.16. The number of nitrogens with zero attached hydrogens (tertiary/aromatic N) is 1. The van der Waals surface area contributed by atoms with Gasteiger partial charge in [-0.25, -0.2) is 4.98 Å². The molecule has 1 aromatic rings. The van der Waals surface area contributed by atoms with E-state index in [0.29, 0.717) is 11.1 Å². The Morgan fingerprint density at radius 1 is 1.47 bits per heavy atom. The van der Waals surface area contributed by atoms with E-state index in [1.54, 1.807) is 0 Å². The number of pyridine rings is 1. The summed E-state index contributed by atoms with van der Waals surface area (Å²) in [7, 11) is 0. The molecule has 1 aliphatic heterocycles. The van der Waals surface area contributed by atoms with Crippen molar-refractivity contribution in [3.8, 4) is 0 Å². The van der Waals surface area contributed by atoms with Crippen molar-refractivity contribution in [2.45, 2.75) is 25.3 Å². The van der Waals surface area contributed by atoms with Crippen molar-refractivity contribution in [1.82, 2.24) is 10.3 Å². The molecule has 0 bridgehead atoms. The quantitative estimate of drug-likeness (QED) is 0.801. The van der Waals surface area contributed by atoms with Crippen LogP contribution in [0.3, 0.4) is 0 Å². The number of hydrogen-bond acceptors (Lipinski definition) is 2. The third kappa shape index (κ3) is 2.28. The molecule has 1 N–H and O–H groups in total. The van der Waals surface area contributed by atoms with Crippen LogP contribution >= 0.6 is 27.5 Å². The molecule has 0 radical (unpaired) electrons. The van der Waals surface area contributed by atoms with Crippen LogP contribution in [0.25, 0.3) is 5.57 Å². The second-order valence-electron chi connectivity index (χ2n) is 4.77. The van der Waals surface area contributed by atoms with Crippen LogP contribution in [0.5, 0.6) is 0 Å². The molecular weight excluding hydrogens is 300 g/mol. The number of halogens is 2. The number of fused-ring (bicyclic) bond motifs is 1. The van der Waals surface area contributed by atoms with E-state index in [2.05, 4.69) is 32.3 Å². The normalized spacial score (nSPS) is 27.8. The summed E-state index contributed by atoms with van der Waals surface area (Å²) in [6.07, 6.45) is 8.03. The summed E-state index contributed by atoms with van der Waals surface area (Å²) in [6.45, 7) is 1.14. The molecule has 0 aromatic carbocycles. The van der Waals surface area contributed by atoms with E-state index in [4.69, 9.17) is 11.6 Å². The van der Waals surface area contributed by atoms with E-state index >= 15 is 0 Å². The summed E-state index contributed by atoms with van der Waals surface area (Å²) >= 11 is 9.42. The molecule has 0 saturated carbocycles. The summed E-state index contributed by atoms with van der Waals surface area (Å²) in [5.41, 5.74) is 2.55. The van der Waals surface area contributed by atoms with Crippen molar-refractivity contribution >= 4 is 33.1 Å². The van der Waals surface area contributed by atoms with Crippen molar-refractivity contribution in [2.24, 2.45) is 5.92 Å². The maximum atomic E-state index is 6.09. The lowest BCUT2D eigenvalue weighted by Gasteiger charge is -2.25. The van der Waals surface area contributed by atoms with Crippen molar-refractivity contribution in [3.05, 3.63) is 33.5 Å². The number of hydrogen-bond donors (Lipinski definition) is 1. The molecule has 3 rings (SSSR count). The van der Waals surface area contributed by atoms with Gasteiger partial charge in [-0.15, -0.1) is 0 Å². The molecular formula is C13H14BrClN2. The largest absolute Gasteiger partial charge is 0.310 e. The van der Waals surface area contributed by atoms with Gasteiger partial charge >= 0.3 is 0 Å². The lowest BCUT2D eigenvalue weighted by atomic mass is 9.92. The topological polar surface area (TPSA) is 24.9 Å². The fraction of sp³-hybridized carbons (Fsp3) is 0.462. The highest BCUT2D eigenvalue weighted by Gasteiger charge is 2.30. The zero-order valence-corrected chi connectivity index (χ0v) is 11.8. The van der Waals surface area contributed by atoms with Crippen LogP contribution in [0.2, 0.25) is 5.02 Å². The lowest BCUT2D eigenvalue weighted by Crippen LogP contribution is -2.37. The lowest BCUT2D eigenvalue weighted by molar-refractivity contribution is 0.341. The van der Waals surface area contributed by atoms with Crippen LogP contribution in [0.1, 0.15) is 24.8 Å². The van der Waals surface area contributed by atoms with Gasteiger partial charge in [-0.2, -0.15) is 0 Å². The molecule has 0 spiro atoms. The van der Waals surface area contributed by atoms with Gasteiger partial charge in [0.25, 0.3) is 0 Å². The predicted octanol–water partition coefficient (Wildman–Crippen LogP) is 3.65. The Balaban J connectivity index is 1.87. The standard InChI is InChI=1S/C13H14BrClN2/c14-13-11(15)5-10(7-17-13)9-4-8-2-1-3-16-12(8)6-9/h5-8,12,16H,1-4H2/t8-,12+/m1/s1. The Kier molecular flexibility index (Phi) is 3.24. The predicted molar refractivity (Wildman–Crippen MR) is 74.1 cm³/mol. The summed E-state index contributed by atoms with van der Waals surface area (Å²) in [5.74, 6) is 0.765. The van der Waals surface area contributed by atoms with Gasteiger partial charge < -0.3 is 5.32 Å². The van der Waals surface area contributed by atoms with Crippen LogP contribution in [0.4, 0.5) is 0 Å². The van der Waals surface area contributed by atoms with Gasteiger partial charge in [0, 0.05) is 12.2 Å². The highest BCUT2D eigenvalue weighted by Crippen LogP contribution is 2.37. The molecule has 1 saturated heterocycles. The first kappa shape index (κ1) is 11.7. The number of allylic oxidation sites excluding steroid dienone is 1. The van der Waals surface area contributed by atoms with Crippen molar-refractivity contribution in [3.63, 3.8) is 0 Å². The van der Waals surface area contributed by atoms with Gasteiger partial charge in [0.05, 0.1) is 5.02 Å². The Morgan fingerprint density at radius 2 is 2.35 bits per heavy atom. The van der Waals surface area contributed by atoms with E-state index in [1.807, 2.05) is 12.3 Å². The molecule has 1 aromatic heterocycles. The summed E-state index contributed by atoms with van der Waals surface area (Å²) in [4.78, 5) is 4.26. The van der Waals surface area contributed by atoms with Gasteiger partial charge in [-0.3, -0.25) is 0 Å². The Hall–Kier alpha value is -0.380. The Bertz CT molecular complexity index is 472. The fourth-order valence-electron chi connectivity index (χ4n) is 2.78. The number of aromatic nitrogens is 1. The molecule has 0 amide bonds. The van der Waals surface area contributed by atoms with E-state index in [0.717, 1.165) is 29.1 Å². The Labute approximate surface area is 115 Å². The molecule has 4 heteroatoms. The molecule has 2 aliphatic rings. The minimum absolute atomic E-state index is 0.557. The molecule has 2 nitrogen and oxygen atoms in total. The molecule has 1 aliphatic carbocycles. The third-order valence-electron chi connectivity index (χ3n) is 3.67. The molecule has 1 fully saturated rings. The first-order chi connectivity index (χ1) is 8.24. The highest BCUT2D eigenvalue weighted by atomic mass is 79.9. The van der Waals surface area contributed by atoms with Gasteiger partial charge in [-0.1, -0.05) is 17.7 Å². The van der Waals surface area contributed by atoms with E-state index in [-0.39, 0.29) is 0 Å². The van der Waals surface area contributed by atoms with Gasteiger partial charge in [0.1, 0.15) is 4.60 Å². The number of nitrogens with one attached hydrogen (secondary N) is 1. The molecule has 2 heterocycles. The van der Waals surface area contributed by atoms with Crippen LogP contribution in [0, 0.1) is 5.92 Å². The second-order valence-corrected chi connectivity index (χ2v) is 5.93. The third-order valence-corrected chi connectivity index (χ3v) is 4.82. The summed E-state index contributed by atoms with van der Waals surface area (Å²) in [5, 5.41) is 4.25. The summed E-state index contributed by atoms with van der Waals surface area (Å²) < 4.78 is 0.719. The smallest absolute Gasteiger partial charge is 0.124 e. The molecule has 17 heavy (non-hydrogen) atoms. The van der Waals surface area contributed by atoms with E-state index in [1.165, 1.54) is 18.4 Å². The number of rotatable bonds is 1. The van der Waals surface area contributed by atoms with Crippen LogP contribution in [-0.4, -0.2) is 17.6 Å². The van der Waals surface area contributed by atoms with Crippen LogP contribution in [0.15, 0.2) is 22.9 Å². The van der Waals surface area contributed by atoms with E-state index < -0.39 is 0 Å². The monoisotopic (exact) mass is 312 g/mol. The Morgan fingerprint density at radius 3 is 3.12 bits per heavy atom. The first-order valence-electron chi connectivity index (χ1n) is 5.99. The zero-order valence-electron chi connectivity index (χ0n) is 9.42. The van der Waals surface area contributed by atoms with Crippen LogP contribution in [-0.2, 0) is 0 Å². The zero-order chi connectivity index (χ0) is 11.8.